The number of halogens is 2. The lowest BCUT2D eigenvalue weighted by atomic mass is 10.2. The van der Waals surface area contributed by atoms with E-state index in [0.717, 1.165) is 20.8 Å². The molecule has 2 aromatic carbocycles. The van der Waals surface area contributed by atoms with Crippen LogP contribution in [0.2, 0.25) is 5.02 Å². The average molecular weight is 298 g/mol. The predicted molar refractivity (Wildman–Crippen MR) is 69.9 cm³/mol. The van der Waals surface area contributed by atoms with Crippen LogP contribution < -0.4 is 4.74 Å². The molecular formula is C13H10BrClO. The Morgan fingerprint density at radius 1 is 0.938 bits per heavy atom. The van der Waals surface area contributed by atoms with Crippen molar-refractivity contribution in [2.75, 3.05) is 0 Å². The Morgan fingerprint density at radius 2 is 1.56 bits per heavy atom. The molecule has 3 heteroatoms. The number of benzene rings is 2. The first-order valence-corrected chi connectivity index (χ1v) is 6.04. The van der Waals surface area contributed by atoms with Crippen LogP contribution >= 0.6 is 27.5 Å². The van der Waals surface area contributed by atoms with E-state index in [1.807, 2.05) is 48.5 Å². The highest BCUT2D eigenvalue weighted by Crippen LogP contribution is 2.18. The molecule has 0 N–H and O–H groups in total. The maximum absolute atomic E-state index is 5.80. The van der Waals surface area contributed by atoms with E-state index in [-0.39, 0.29) is 0 Å². The zero-order chi connectivity index (χ0) is 11.4. The molecule has 2 rings (SSSR count). The Balaban J connectivity index is 1.97. The van der Waals surface area contributed by atoms with Gasteiger partial charge in [-0.3, -0.25) is 0 Å². The Hall–Kier alpha value is -0.990. The highest BCUT2D eigenvalue weighted by Gasteiger charge is 1.96. The van der Waals surface area contributed by atoms with Gasteiger partial charge >= 0.3 is 0 Å². The fourth-order valence-corrected chi connectivity index (χ4v) is 1.67. The van der Waals surface area contributed by atoms with Crippen molar-refractivity contribution in [3.05, 3.63) is 63.6 Å². The quantitative estimate of drug-likeness (QED) is 0.799. The topological polar surface area (TPSA) is 9.23 Å². The largest absolute Gasteiger partial charge is 0.489 e. The lowest BCUT2D eigenvalue weighted by molar-refractivity contribution is 0.306. The molecule has 0 aliphatic heterocycles. The van der Waals surface area contributed by atoms with Crippen molar-refractivity contribution >= 4 is 27.5 Å². The molecule has 82 valence electrons. The van der Waals surface area contributed by atoms with Gasteiger partial charge in [0.1, 0.15) is 12.4 Å². The summed E-state index contributed by atoms with van der Waals surface area (Å²) in [6, 6.07) is 15.4. The number of hydrogen-bond acceptors (Lipinski definition) is 1. The van der Waals surface area contributed by atoms with Gasteiger partial charge in [-0.1, -0.05) is 39.7 Å². The van der Waals surface area contributed by atoms with Gasteiger partial charge in [-0.05, 0) is 42.0 Å². The summed E-state index contributed by atoms with van der Waals surface area (Å²) < 4.78 is 6.67. The third kappa shape index (κ3) is 3.26. The second-order valence-electron chi connectivity index (χ2n) is 3.37. The number of ether oxygens (including phenoxy) is 1. The zero-order valence-corrected chi connectivity index (χ0v) is 10.8. The molecule has 16 heavy (non-hydrogen) atoms. The summed E-state index contributed by atoms with van der Waals surface area (Å²) >= 11 is 9.18. The minimum atomic E-state index is 0.554. The summed E-state index contributed by atoms with van der Waals surface area (Å²) in [4.78, 5) is 0. The van der Waals surface area contributed by atoms with Crippen molar-refractivity contribution in [1.82, 2.24) is 0 Å². The van der Waals surface area contributed by atoms with Crippen molar-refractivity contribution < 1.29 is 4.74 Å². The number of rotatable bonds is 3. The minimum Gasteiger partial charge on any atom is -0.489 e. The molecule has 0 fully saturated rings. The highest BCUT2D eigenvalue weighted by molar-refractivity contribution is 9.10. The van der Waals surface area contributed by atoms with Crippen molar-refractivity contribution in [1.29, 1.82) is 0 Å². The fourth-order valence-electron chi connectivity index (χ4n) is 1.28. The van der Waals surface area contributed by atoms with Gasteiger partial charge in [0, 0.05) is 9.50 Å². The minimum absolute atomic E-state index is 0.554. The van der Waals surface area contributed by atoms with Crippen molar-refractivity contribution in [2.24, 2.45) is 0 Å². The van der Waals surface area contributed by atoms with Gasteiger partial charge in [0.05, 0.1) is 0 Å². The molecule has 0 unspecified atom stereocenters. The molecular weight excluding hydrogens is 287 g/mol. The van der Waals surface area contributed by atoms with Crippen LogP contribution in [0, 0.1) is 0 Å². The normalized spacial score (nSPS) is 10.1. The van der Waals surface area contributed by atoms with E-state index in [1.165, 1.54) is 0 Å². The Kier molecular flexibility index (Phi) is 3.86. The zero-order valence-electron chi connectivity index (χ0n) is 8.49. The van der Waals surface area contributed by atoms with E-state index < -0.39 is 0 Å². The monoisotopic (exact) mass is 296 g/mol. The van der Waals surface area contributed by atoms with E-state index in [4.69, 9.17) is 16.3 Å². The van der Waals surface area contributed by atoms with Crippen LogP contribution in [-0.4, -0.2) is 0 Å². The van der Waals surface area contributed by atoms with E-state index >= 15 is 0 Å². The summed E-state index contributed by atoms with van der Waals surface area (Å²) in [7, 11) is 0. The molecule has 0 aliphatic rings. The van der Waals surface area contributed by atoms with Gasteiger partial charge in [0.15, 0.2) is 0 Å². The lowest BCUT2D eigenvalue weighted by Gasteiger charge is -2.06. The fraction of sp³-hybridized carbons (Fsp3) is 0.0769. The van der Waals surface area contributed by atoms with Gasteiger partial charge in [0.25, 0.3) is 0 Å². The smallest absolute Gasteiger partial charge is 0.119 e. The van der Waals surface area contributed by atoms with Gasteiger partial charge in [-0.2, -0.15) is 0 Å². The first kappa shape index (κ1) is 11.5. The van der Waals surface area contributed by atoms with Gasteiger partial charge in [-0.25, -0.2) is 0 Å². The molecule has 0 heterocycles. The second-order valence-corrected chi connectivity index (χ2v) is 4.72. The van der Waals surface area contributed by atoms with Crippen molar-refractivity contribution in [2.45, 2.75) is 6.61 Å². The van der Waals surface area contributed by atoms with E-state index in [9.17, 15) is 0 Å². The molecule has 0 aromatic heterocycles. The second kappa shape index (κ2) is 5.37. The Labute approximate surface area is 108 Å². The van der Waals surface area contributed by atoms with E-state index in [1.54, 1.807) is 0 Å². The average Bonchev–Trinajstić information content (AvgIpc) is 2.30. The van der Waals surface area contributed by atoms with Crippen LogP contribution in [0.4, 0.5) is 0 Å². The van der Waals surface area contributed by atoms with E-state index in [0.29, 0.717) is 6.61 Å². The molecule has 0 saturated carbocycles. The van der Waals surface area contributed by atoms with E-state index in [2.05, 4.69) is 15.9 Å². The first-order valence-electron chi connectivity index (χ1n) is 4.87. The summed E-state index contributed by atoms with van der Waals surface area (Å²) in [5.74, 6) is 0.859. The van der Waals surface area contributed by atoms with Crippen LogP contribution in [-0.2, 0) is 6.61 Å². The van der Waals surface area contributed by atoms with Crippen LogP contribution in [0.5, 0.6) is 5.75 Å². The highest BCUT2D eigenvalue weighted by atomic mass is 79.9. The van der Waals surface area contributed by atoms with Crippen molar-refractivity contribution in [3.8, 4) is 5.75 Å². The van der Waals surface area contributed by atoms with Gasteiger partial charge in [0.2, 0.25) is 0 Å². The predicted octanol–water partition coefficient (Wildman–Crippen LogP) is 4.68. The maximum atomic E-state index is 5.80. The van der Waals surface area contributed by atoms with Crippen LogP contribution in [0.15, 0.2) is 53.0 Å². The molecule has 0 bridgehead atoms. The van der Waals surface area contributed by atoms with Crippen LogP contribution in [0.3, 0.4) is 0 Å². The Bertz CT molecular complexity index is 405. The third-order valence-corrected chi connectivity index (χ3v) is 2.91. The summed E-state index contributed by atoms with van der Waals surface area (Å²) in [5.41, 5.74) is 1.10. The summed E-state index contributed by atoms with van der Waals surface area (Å²) in [6.07, 6.45) is 0. The Morgan fingerprint density at radius 3 is 2.19 bits per heavy atom. The van der Waals surface area contributed by atoms with Gasteiger partial charge in [-0.15, -0.1) is 0 Å². The molecule has 0 radical (unpaired) electrons. The molecule has 0 amide bonds. The SMILES string of the molecule is Clc1ccc(COc2ccc(Br)cc2)cc1. The lowest BCUT2D eigenvalue weighted by Crippen LogP contribution is -1.94. The summed E-state index contributed by atoms with van der Waals surface area (Å²) in [5, 5.41) is 0.743. The molecule has 0 saturated heterocycles. The third-order valence-electron chi connectivity index (χ3n) is 2.13. The molecule has 0 aliphatic carbocycles. The first-order chi connectivity index (χ1) is 7.74. The maximum Gasteiger partial charge on any atom is 0.119 e. The number of hydrogen-bond donors (Lipinski definition) is 0. The standard InChI is InChI=1S/C13H10BrClO/c14-11-3-7-13(8-4-11)16-9-10-1-5-12(15)6-2-10/h1-8H,9H2. The molecule has 2 aromatic rings. The van der Waals surface area contributed by atoms with Crippen LogP contribution in [0.25, 0.3) is 0 Å². The molecule has 1 nitrogen and oxygen atoms in total. The van der Waals surface area contributed by atoms with Crippen molar-refractivity contribution in [3.63, 3.8) is 0 Å². The van der Waals surface area contributed by atoms with Crippen LogP contribution in [0.1, 0.15) is 5.56 Å². The molecule has 0 atom stereocenters. The molecule has 0 spiro atoms. The summed E-state index contributed by atoms with van der Waals surface area (Å²) in [6.45, 7) is 0.554. The van der Waals surface area contributed by atoms with Gasteiger partial charge < -0.3 is 4.74 Å².